The SMILES string of the molecule is CC(=O)OC1C[C@H](n2cc(C)c(=O)[nH]c2=O)O[C@@H]1COC(=O)OCCN(Cc1ccccc1)CC1CCCCC1. The zero-order valence-electron chi connectivity index (χ0n) is 23.2. The molecule has 0 spiro atoms. The van der Waals surface area contributed by atoms with E-state index in [4.69, 9.17) is 18.9 Å². The molecule has 0 amide bonds. The molecule has 0 radical (unpaired) electrons. The van der Waals surface area contributed by atoms with Gasteiger partial charge < -0.3 is 18.9 Å². The van der Waals surface area contributed by atoms with Crippen LogP contribution in [0.3, 0.4) is 0 Å². The number of carbonyl (C=O) groups is 2. The molecule has 1 saturated carbocycles. The highest BCUT2D eigenvalue weighted by atomic mass is 16.7. The van der Waals surface area contributed by atoms with E-state index in [0.29, 0.717) is 18.0 Å². The zero-order chi connectivity index (χ0) is 28.5. The van der Waals surface area contributed by atoms with Crippen LogP contribution < -0.4 is 11.2 Å². The Morgan fingerprint density at radius 1 is 1.10 bits per heavy atom. The third kappa shape index (κ3) is 8.53. The molecular weight excluding hydrogens is 518 g/mol. The number of nitrogens with one attached hydrogen (secondary N) is 1. The van der Waals surface area contributed by atoms with Gasteiger partial charge in [-0.1, -0.05) is 49.6 Å². The number of H-pyrrole nitrogens is 1. The van der Waals surface area contributed by atoms with Crippen molar-refractivity contribution in [3.8, 4) is 0 Å². The van der Waals surface area contributed by atoms with Gasteiger partial charge in [0.25, 0.3) is 5.56 Å². The number of hydrogen-bond acceptors (Lipinski definition) is 9. The maximum Gasteiger partial charge on any atom is 0.508 e. The van der Waals surface area contributed by atoms with E-state index in [1.165, 1.54) is 55.4 Å². The molecule has 2 heterocycles. The maximum atomic E-state index is 12.4. The lowest BCUT2D eigenvalue weighted by molar-refractivity contribution is -0.150. The molecule has 218 valence electrons. The van der Waals surface area contributed by atoms with Crippen LogP contribution in [0.2, 0.25) is 0 Å². The van der Waals surface area contributed by atoms with Gasteiger partial charge in [0.1, 0.15) is 31.6 Å². The van der Waals surface area contributed by atoms with Gasteiger partial charge in [0.2, 0.25) is 0 Å². The molecule has 11 nitrogen and oxygen atoms in total. The predicted molar refractivity (Wildman–Crippen MR) is 146 cm³/mol. The van der Waals surface area contributed by atoms with Gasteiger partial charge in [0, 0.05) is 44.7 Å². The molecule has 2 fully saturated rings. The lowest BCUT2D eigenvalue weighted by Crippen LogP contribution is -2.34. The van der Waals surface area contributed by atoms with E-state index in [-0.39, 0.29) is 19.6 Å². The van der Waals surface area contributed by atoms with E-state index in [0.717, 1.165) is 13.1 Å². The van der Waals surface area contributed by atoms with Gasteiger partial charge in [0.15, 0.2) is 0 Å². The summed E-state index contributed by atoms with van der Waals surface area (Å²) in [7, 11) is 0. The third-order valence-corrected chi connectivity index (χ3v) is 7.44. The highest BCUT2D eigenvalue weighted by Gasteiger charge is 2.40. The molecule has 1 aromatic carbocycles. The number of aryl methyl sites for hydroxylation is 1. The van der Waals surface area contributed by atoms with Gasteiger partial charge in [-0.15, -0.1) is 0 Å². The number of esters is 1. The first-order chi connectivity index (χ1) is 19.3. The van der Waals surface area contributed by atoms with Crippen molar-refractivity contribution in [2.75, 3.05) is 26.3 Å². The minimum absolute atomic E-state index is 0.156. The van der Waals surface area contributed by atoms with Crippen LogP contribution in [0.1, 0.15) is 62.8 Å². The fourth-order valence-electron chi connectivity index (χ4n) is 5.42. The Bertz CT molecular complexity index is 1240. The van der Waals surface area contributed by atoms with Crippen LogP contribution >= 0.6 is 0 Å². The Morgan fingerprint density at radius 2 is 1.85 bits per heavy atom. The summed E-state index contributed by atoms with van der Waals surface area (Å²) < 4.78 is 23.2. The molecule has 2 aliphatic rings. The summed E-state index contributed by atoms with van der Waals surface area (Å²) in [6.07, 6.45) is 4.64. The van der Waals surface area contributed by atoms with Crippen molar-refractivity contribution in [3.05, 3.63) is 68.5 Å². The summed E-state index contributed by atoms with van der Waals surface area (Å²) in [6.45, 7) is 5.10. The quantitative estimate of drug-likeness (QED) is 0.414. The molecule has 1 saturated heterocycles. The smallest absolute Gasteiger partial charge is 0.459 e. The summed E-state index contributed by atoms with van der Waals surface area (Å²) in [6, 6.07) is 10.2. The van der Waals surface area contributed by atoms with Crippen LogP contribution in [0, 0.1) is 12.8 Å². The fraction of sp³-hybridized carbons (Fsp3) is 0.586. The average molecular weight is 558 g/mol. The van der Waals surface area contributed by atoms with E-state index in [1.807, 2.05) is 18.2 Å². The summed E-state index contributed by atoms with van der Waals surface area (Å²) in [5.41, 5.74) is 0.415. The molecule has 0 bridgehead atoms. The van der Waals surface area contributed by atoms with E-state index in [9.17, 15) is 19.2 Å². The van der Waals surface area contributed by atoms with Gasteiger partial charge >= 0.3 is 17.8 Å². The molecule has 40 heavy (non-hydrogen) atoms. The van der Waals surface area contributed by atoms with Crippen LogP contribution in [-0.4, -0.2) is 65.1 Å². The highest BCUT2D eigenvalue weighted by Crippen LogP contribution is 2.30. The van der Waals surface area contributed by atoms with Crippen molar-refractivity contribution in [2.24, 2.45) is 5.92 Å². The normalized spacial score (nSPS) is 21.3. The van der Waals surface area contributed by atoms with Gasteiger partial charge in [0.05, 0.1) is 0 Å². The number of carbonyl (C=O) groups excluding carboxylic acids is 2. The first-order valence-electron chi connectivity index (χ1n) is 14.0. The Labute approximate surface area is 233 Å². The molecule has 1 aliphatic heterocycles. The average Bonchev–Trinajstić information content (AvgIpc) is 3.32. The van der Waals surface area contributed by atoms with Gasteiger partial charge in [-0.25, -0.2) is 9.59 Å². The molecule has 11 heteroatoms. The molecule has 4 rings (SSSR count). The monoisotopic (exact) mass is 557 g/mol. The number of aromatic amines is 1. The fourth-order valence-corrected chi connectivity index (χ4v) is 5.42. The standard InChI is InChI=1S/C29H39N3O8/c1-20-16-32(28(35)30-27(20)34)26-15-24(39-21(2)33)25(40-26)19-38-29(36)37-14-13-31(17-22-9-5-3-6-10-22)18-23-11-7-4-8-12-23/h3,5-6,9-10,16,23-26H,4,7-8,11-15,17-19H2,1-2H3,(H,30,34,35)/t24?,25-,26-/m1/s1. The molecule has 1 N–H and O–H groups in total. The van der Waals surface area contributed by atoms with Crippen LogP contribution in [0.15, 0.2) is 46.1 Å². The summed E-state index contributed by atoms with van der Waals surface area (Å²) >= 11 is 0. The summed E-state index contributed by atoms with van der Waals surface area (Å²) in [5, 5.41) is 0. The lowest BCUT2D eigenvalue weighted by Gasteiger charge is -2.29. The number of aromatic nitrogens is 2. The third-order valence-electron chi connectivity index (χ3n) is 7.44. The van der Waals surface area contributed by atoms with E-state index < -0.39 is 41.8 Å². The minimum Gasteiger partial charge on any atom is -0.459 e. The highest BCUT2D eigenvalue weighted by molar-refractivity contribution is 5.66. The van der Waals surface area contributed by atoms with Crippen molar-refractivity contribution in [3.63, 3.8) is 0 Å². The second-order valence-corrected chi connectivity index (χ2v) is 10.6. The number of rotatable bonds is 11. The van der Waals surface area contributed by atoms with Gasteiger partial charge in [-0.2, -0.15) is 0 Å². The van der Waals surface area contributed by atoms with Crippen LogP contribution in [0.25, 0.3) is 0 Å². The topological polar surface area (TPSA) is 129 Å². The largest absolute Gasteiger partial charge is 0.508 e. The van der Waals surface area contributed by atoms with E-state index in [2.05, 4.69) is 22.0 Å². The number of ether oxygens (including phenoxy) is 4. The minimum atomic E-state index is -0.844. The van der Waals surface area contributed by atoms with Crippen LogP contribution in [0.4, 0.5) is 4.79 Å². The molecule has 1 aromatic heterocycles. The number of hydrogen-bond donors (Lipinski definition) is 1. The first kappa shape index (κ1) is 29.5. The number of nitrogens with zero attached hydrogens (tertiary/aromatic N) is 2. The number of benzene rings is 1. The molecule has 2 aromatic rings. The molecular formula is C29H39N3O8. The predicted octanol–water partition coefficient (Wildman–Crippen LogP) is 3.30. The van der Waals surface area contributed by atoms with E-state index >= 15 is 0 Å². The molecule has 1 unspecified atom stereocenters. The lowest BCUT2D eigenvalue weighted by atomic mass is 9.89. The van der Waals surface area contributed by atoms with E-state index in [1.54, 1.807) is 6.92 Å². The van der Waals surface area contributed by atoms with Crippen molar-refractivity contribution in [1.29, 1.82) is 0 Å². The van der Waals surface area contributed by atoms with Gasteiger partial charge in [-0.05, 0) is 31.2 Å². The van der Waals surface area contributed by atoms with Crippen molar-refractivity contribution in [1.82, 2.24) is 14.5 Å². The maximum absolute atomic E-state index is 12.4. The van der Waals surface area contributed by atoms with Gasteiger partial charge in [-0.3, -0.25) is 24.0 Å². The first-order valence-corrected chi connectivity index (χ1v) is 14.0. The Balaban J connectivity index is 1.29. The second kappa shape index (κ2) is 14.3. The second-order valence-electron chi connectivity index (χ2n) is 10.6. The van der Waals surface area contributed by atoms with Crippen molar-refractivity contribution >= 4 is 12.1 Å². The molecule has 1 aliphatic carbocycles. The summed E-state index contributed by atoms with van der Waals surface area (Å²) in [4.78, 5) is 52.7. The Kier molecular flexibility index (Phi) is 10.5. The zero-order valence-corrected chi connectivity index (χ0v) is 23.2. The van der Waals surface area contributed by atoms with Crippen molar-refractivity contribution in [2.45, 2.75) is 77.4 Å². The Hall–Kier alpha value is -3.44. The Morgan fingerprint density at radius 3 is 2.58 bits per heavy atom. The van der Waals surface area contributed by atoms with Crippen LogP contribution in [-0.2, 0) is 30.3 Å². The molecule has 3 atom stereocenters. The van der Waals surface area contributed by atoms with Crippen LogP contribution in [0.5, 0.6) is 0 Å². The van der Waals surface area contributed by atoms with Crippen molar-refractivity contribution < 1.29 is 28.5 Å². The summed E-state index contributed by atoms with van der Waals surface area (Å²) in [5.74, 6) is 0.122.